The third-order valence-corrected chi connectivity index (χ3v) is 8.43. The first kappa shape index (κ1) is 40.9. The van der Waals surface area contributed by atoms with E-state index in [1.54, 1.807) is 0 Å². The van der Waals surface area contributed by atoms with Gasteiger partial charge in [0, 0.05) is 6.42 Å². The quantitative estimate of drug-likeness (QED) is 0.0525. The molecule has 0 saturated carbocycles. The second-order valence-corrected chi connectivity index (χ2v) is 12.6. The summed E-state index contributed by atoms with van der Waals surface area (Å²) in [6.45, 7) is 4.29. The Bertz CT molecular complexity index is 603. The Labute approximate surface area is 262 Å². The fourth-order valence-electron chi connectivity index (χ4n) is 5.52. The fraction of sp³-hybridized carbons (Fsp3) is 0.868. The molecule has 0 spiro atoms. The van der Waals surface area contributed by atoms with Crippen LogP contribution in [0.25, 0.3) is 0 Å². The summed E-state index contributed by atoms with van der Waals surface area (Å²) < 4.78 is 0. The minimum atomic E-state index is -0.677. The first-order valence-electron chi connectivity index (χ1n) is 18.5. The van der Waals surface area contributed by atoms with Crippen LogP contribution < -0.4 is 5.32 Å². The molecule has 0 rings (SSSR count). The first-order valence-corrected chi connectivity index (χ1v) is 18.5. The van der Waals surface area contributed by atoms with Gasteiger partial charge in [0.25, 0.3) is 0 Å². The molecular formula is C38H73NO3. The van der Waals surface area contributed by atoms with Gasteiger partial charge in [-0.3, -0.25) is 4.79 Å². The van der Waals surface area contributed by atoms with E-state index in [9.17, 15) is 15.0 Å². The van der Waals surface area contributed by atoms with Crippen molar-refractivity contribution in [1.29, 1.82) is 0 Å². The van der Waals surface area contributed by atoms with Crippen LogP contribution in [-0.4, -0.2) is 34.9 Å². The number of allylic oxidation sites excluding steroid dienone is 4. The highest BCUT2D eigenvalue weighted by Crippen LogP contribution is 2.14. The molecule has 0 saturated heterocycles. The molecular weight excluding hydrogens is 518 g/mol. The van der Waals surface area contributed by atoms with Crippen LogP contribution in [0.2, 0.25) is 0 Å². The third-order valence-electron chi connectivity index (χ3n) is 8.43. The topological polar surface area (TPSA) is 69.6 Å². The standard InChI is InChI=1S/C38H73NO3/c1-3-5-7-9-11-13-14-15-16-17-18-19-20-21-22-23-24-26-28-30-32-34-38(42)39-36(35-40)37(41)33-31-29-27-25-12-10-8-6-4-2/h12,15-16,25,36-37,40-41H,3-11,13-14,17-24,26-35H2,1-2H3,(H,39,42)/b16-15+,25-12+/t36-,37+/m0/s1. The van der Waals surface area contributed by atoms with Crippen LogP contribution >= 0.6 is 0 Å². The Morgan fingerprint density at radius 1 is 0.548 bits per heavy atom. The van der Waals surface area contributed by atoms with Crippen LogP contribution in [0, 0.1) is 0 Å². The summed E-state index contributed by atoms with van der Waals surface area (Å²) >= 11 is 0. The molecule has 0 aliphatic carbocycles. The Morgan fingerprint density at radius 2 is 0.905 bits per heavy atom. The van der Waals surface area contributed by atoms with Crippen LogP contribution in [-0.2, 0) is 4.79 Å². The number of aliphatic hydroxyl groups is 2. The van der Waals surface area contributed by atoms with E-state index in [0.717, 1.165) is 38.5 Å². The summed E-state index contributed by atoms with van der Waals surface area (Å²) in [7, 11) is 0. The molecule has 4 heteroatoms. The predicted molar refractivity (Wildman–Crippen MR) is 184 cm³/mol. The van der Waals surface area contributed by atoms with E-state index >= 15 is 0 Å². The van der Waals surface area contributed by atoms with Gasteiger partial charge >= 0.3 is 0 Å². The molecule has 0 aromatic heterocycles. The normalized spacial score (nSPS) is 13.3. The number of hydrogen-bond donors (Lipinski definition) is 3. The van der Waals surface area contributed by atoms with E-state index in [1.807, 2.05) is 0 Å². The molecule has 3 N–H and O–H groups in total. The molecule has 0 aromatic rings. The summed E-state index contributed by atoms with van der Waals surface area (Å²) in [6.07, 6.45) is 42.4. The van der Waals surface area contributed by atoms with Gasteiger partial charge in [-0.05, 0) is 64.2 Å². The fourth-order valence-corrected chi connectivity index (χ4v) is 5.52. The number of aliphatic hydroxyl groups excluding tert-OH is 2. The van der Waals surface area contributed by atoms with E-state index in [-0.39, 0.29) is 12.5 Å². The van der Waals surface area contributed by atoms with Gasteiger partial charge in [-0.15, -0.1) is 0 Å². The smallest absolute Gasteiger partial charge is 0.220 e. The van der Waals surface area contributed by atoms with Crippen molar-refractivity contribution in [1.82, 2.24) is 5.32 Å². The van der Waals surface area contributed by atoms with Crippen LogP contribution in [0.15, 0.2) is 24.3 Å². The lowest BCUT2D eigenvalue weighted by Crippen LogP contribution is -2.45. The Balaban J connectivity index is 3.51. The monoisotopic (exact) mass is 592 g/mol. The molecule has 0 bridgehead atoms. The SMILES string of the molecule is CCCCC/C=C/CCCC[C@@H](O)[C@H](CO)NC(=O)CCCCCCCCCCCCC/C=C/CCCCCCCC. The number of carbonyl (C=O) groups is 1. The van der Waals surface area contributed by atoms with Crippen molar-refractivity contribution in [3.63, 3.8) is 0 Å². The van der Waals surface area contributed by atoms with Gasteiger partial charge in [0.15, 0.2) is 0 Å². The summed E-state index contributed by atoms with van der Waals surface area (Å²) in [4.78, 5) is 12.3. The lowest BCUT2D eigenvalue weighted by Gasteiger charge is -2.22. The maximum Gasteiger partial charge on any atom is 0.220 e. The van der Waals surface area contributed by atoms with Gasteiger partial charge in [0.05, 0.1) is 18.8 Å². The molecule has 248 valence electrons. The average molecular weight is 592 g/mol. The summed E-state index contributed by atoms with van der Waals surface area (Å²) in [5.74, 6) is -0.0450. The molecule has 0 aromatic carbocycles. The zero-order valence-corrected chi connectivity index (χ0v) is 28.3. The molecule has 0 fully saturated rings. The molecule has 4 nitrogen and oxygen atoms in total. The van der Waals surface area contributed by atoms with Gasteiger partial charge in [-0.2, -0.15) is 0 Å². The van der Waals surface area contributed by atoms with Crippen LogP contribution in [0.4, 0.5) is 0 Å². The van der Waals surface area contributed by atoms with E-state index in [0.29, 0.717) is 12.8 Å². The van der Waals surface area contributed by atoms with Gasteiger partial charge < -0.3 is 15.5 Å². The van der Waals surface area contributed by atoms with E-state index in [2.05, 4.69) is 43.5 Å². The van der Waals surface area contributed by atoms with Crippen molar-refractivity contribution in [3.8, 4) is 0 Å². The van der Waals surface area contributed by atoms with Crippen LogP contribution in [0.1, 0.15) is 194 Å². The molecule has 42 heavy (non-hydrogen) atoms. The van der Waals surface area contributed by atoms with Crippen LogP contribution in [0.5, 0.6) is 0 Å². The maximum absolute atomic E-state index is 12.3. The summed E-state index contributed by atoms with van der Waals surface area (Å²) in [6, 6.07) is -0.548. The number of amides is 1. The van der Waals surface area contributed by atoms with Gasteiger partial charge in [-0.1, -0.05) is 147 Å². The minimum absolute atomic E-state index is 0.0450. The molecule has 0 unspecified atom stereocenters. The highest BCUT2D eigenvalue weighted by molar-refractivity contribution is 5.76. The van der Waals surface area contributed by atoms with Crippen molar-refractivity contribution in [2.75, 3.05) is 6.61 Å². The molecule has 0 heterocycles. The van der Waals surface area contributed by atoms with Crippen molar-refractivity contribution in [2.45, 2.75) is 206 Å². The second-order valence-electron chi connectivity index (χ2n) is 12.6. The van der Waals surface area contributed by atoms with Gasteiger partial charge in [-0.25, -0.2) is 0 Å². The molecule has 0 aliphatic heterocycles. The largest absolute Gasteiger partial charge is 0.394 e. The lowest BCUT2D eigenvalue weighted by atomic mass is 10.0. The third kappa shape index (κ3) is 30.3. The number of hydrogen-bond acceptors (Lipinski definition) is 3. The zero-order chi connectivity index (χ0) is 30.8. The summed E-state index contributed by atoms with van der Waals surface area (Å²) in [5, 5.41) is 22.9. The van der Waals surface area contributed by atoms with Crippen molar-refractivity contribution in [3.05, 3.63) is 24.3 Å². The molecule has 2 atom stereocenters. The number of nitrogens with one attached hydrogen (secondary N) is 1. The predicted octanol–water partition coefficient (Wildman–Crippen LogP) is 10.9. The maximum atomic E-state index is 12.3. The van der Waals surface area contributed by atoms with E-state index < -0.39 is 12.1 Å². The minimum Gasteiger partial charge on any atom is -0.394 e. The Kier molecular flexibility index (Phi) is 33.4. The first-order chi connectivity index (χ1) is 20.7. The zero-order valence-electron chi connectivity index (χ0n) is 28.3. The van der Waals surface area contributed by atoms with Gasteiger partial charge in [0.1, 0.15) is 0 Å². The highest BCUT2D eigenvalue weighted by atomic mass is 16.3. The molecule has 0 aliphatic rings. The number of rotatable bonds is 33. The average Bonchev–Trinajstić information content (AvgIpc) is 2.99. The number of unbranched alkanes of at least 4 members (excludes halogenated alkanes) is 22. The van der Waals surface area contributed by atoms with Crippen molar-refractivity contribution < 1.29 is 15.0 Å². The van der Waals surface area contributed by atoms with Crippen LogP contribution in [0.3, 0.4) is 0 Å². The second kappa shape index (κ2) is 34.4. The lowest BCUT2D eigenvalue weighted by molar-refractivity contribution is -0.123. The van der Waals surface area contributed by atoms with E-state index in [4.69, 9.17) is 0 Å². The Morgan fingerprint density at radius 3 is 1.36 bits per heavy atom. The summed E-state index contributed by atoms with van der Waals surface area (Å²) in [5.41, 5.74) is 0. The van der Waals surface area contributed by atoms with Gasteiger partial charge in [0.2, 0.25) is 5.91 Å². The highest BCUT2D eigenvalue weighted by Gasteiger charge is 2.19. The van der Waals surface area contributed by atoms with Crippen molar-refractivity contribution >= 4 is 5.91 Å². The Hall–Kier alpha value is -1.13. The van der Waals surface area contributed by atoms with Crippen molar-refractivity contribution in [2.24, 2.45) is 0 Å². The number of carbonyl (C=O) groups excluding carboxylic acids is 1. The van der Waals surface area contributed by atoms with E-state index in [1.165, 1.54) is 128 Å². The molecule has 1 amide bonds. The molecule has 0 radical (unpaired) electrons.